The first-order valence-corrected chi connectivity index (χ1v) is 8.12. The van der Waals surface area contributed by atoms with Crippen LogP contribution in [-0.2, 0) is 25.5 Å². The Labute approximate surface area is 174 Å². The molecular formula is C17H23N3NaO5. The third-order valence-corrected chi connectivity index (χ3v) is 3.87. The molecule has 1 aliphatic heterocycles. The monoisotopic (exact) mass is 372 g/mol. The van der Waals surface area contributed by atoms with Gasteiger partial charge in [-0.1, -0.05) is 30.3 Å². The maximum absolute atomic E-state index is 12.4. The maximum atomic E-state index is 12.4. The summed E-state index contributed by atoms with van der Waals surface area (Å²) in [5.41, 5.74) is 0.901. The number of amides is 2. The number of methoxy groups -OCH3 is 1. The van der Waals surface area contributed by atoms with Crippen molar-refractivity contribution in [1.82, 2.24) is 16.0 Å². The van der Waals surface area contributed by atoms with Crippen molar-refractivity contribution >= 4 is 47.3 Å². The van der Waals surface area contributed by atoms with E-state index in [1.54, 1.807) is 7.11 Å². The standard InChI is InChI=1S/C17H23N3O5.Na/c1-25-9-5-8-18-15(21)12(10-11-6-3-2-4-7-11)19-16(22)13-14(20-13)17(23)24;/h2-4,6-7,12-14,20H,5,8-10H2,1H3,(H,18,21)(H,19,22)(H,23,24);/t12-,13-,14-;/m0./s1. The number of hydrogen-bond acceptors (Lipinski definition) is 5. The number of carboxylic acids is 1. The summed E-state index contributed by atoms with van der Waals surface area (Å²) < 4.78 is 4.93. The first kappa shape index (κ1) is 22.6. The molecule has 1 aromatic rings. The fourth-order valence-electron chi connectivity index (χ4n) is 2.45. The van der Waals surface area contributed by atoms with Crippen molar-refractivity contribution in [2.24, 2.45) is 0 Å². The average molecular weight is 372 g/mol. The molecule has 1 aliphatic rings. The van der Waals surface area contributed by atoms with Crippen molar-refractivity contribution in [1.29, 1.82) is 0 Å². The van der Waals surface area contributed by atoms with Crippen LogP contribution in [-0.4, -0.2) is 90.8 Å². The first-order valence-electron chi connectivity index (χ1n) is 8.12. The van der Waals surface area contributed by atoms with E-state index in [0.29, 0.717) is 26.0 Å². The van der Waals surface area contributed by atoms with Gasteiger partial charge in [-0.05, 0) is 12.0 Å². The Bertz CT molecular complexity index is 614. The van der Waals surface area contributed by atoms with Gasteiger partial charge in [0.2, 0.25) is 11.8 Å². The molecule has 1 heterocycles. The Morgan fingerprint density at radius 2 is 1.92 bits per heavy atom. The van der Waals surface area contributed by atoms with Crippen molar-refractivity contribution < 1.29 is 24.2 Å². The molecule has 0 aromatic heterocycles. The van der Waals surface area contributed by atoms with Gasteiger partial charge in [-0.3, -0.25) is 19.7 Å². The van der Waals surface area contributed by atoms with Crippen LogP contribution in [0.25, 0.3) is 0 Å². The summed E-state index contributed by atoms with van der Waals surface area (Å²) in [7, 11) is 1.59. The van der Waals surface area contributed by atoms with Gasteiger partial charge in [0.25, 0.3) is 0 Å². The van der Waals surface area contributed by atoms with Crippen LogP contribution in [0.1, 0.15) is 12.0 Å². The van der Waals surface area contributed by atoms with Crippen molar-refractivity contribution in [3.8, 4) is 0 Å². The molecule has 0 unspecified atom stereocenters. The number of rotatable bonds is 10. The second kappa shape index (κ2) is 11.3. The molecule has 26 heavy (non-hydrogen) atoms. The van der Waals surface area contributed by atoms with Crippen LogP contribution >= 0.6 is 0 Å². The Balaban J connectivity index is 0.00000338. The van der Waals surface area contributed by atoms with Gasteiger partial charge in [0.05, 0.1) is 0 Å². The zero-order chi connectivity index (χ0) is 18.2. The maximum Gasteiger partial charge on any atom is 0.322 e. The van der Waals surface area contributed by atoms with E-state index in [2.05, 4.69) is 16.0 Å². The Morgan fingerprint density at radius 1 is 1.23 bits per heavy atom. The summed E-state index contributed by atoms with van der Waals surface area (Å²) in [5.74, 6) is -1.87. The van der Waals surface area contributed by atoms with Gasteiger partial charge in [-0.15, -0.1) is 0 Å². The van der Waals surface area contributed by atoms with Crippen LogP contribution in [0.3, 0.4) is 0 Å². The Morgan fingerprint density at radius 3 is 2.50 bits per heavy atom. The quantitative estimate of drug-likeness (QED) is 0.235. The number of carbonyl (C=O) groups is 3. The number of hydrogen-bond donors (Lipinski definition) is 4. The van der Waals surface area contributed by atoms with Crippen molar-refractivity contribution in [3.05, 3.63) is 35.9 Å². The SMILES string of the molecule is COCCCNC(=O)[C@H](Cc1ccccc1)NC(=O)[C@H]1N[C@@H]1C(=O)O.[Na]. The molecular weight excluding hydrogens is 349 g/mol. The van der Waals surface area contributed by atoms with Crippen molar-refractivity contribution in [2.75, 3.05) is 20.3 Å². The van der Waals surface area contributed by atoms with Gasteiger partial charge in [-0.2, -0.15) is 0 Å². The summed E-state index contributed by atoms with van der Waals surface area (Å²) in [5, 5.41) is 16.9. The predicted molar refractivity (Wildman–Crippen MR) is 95.7 cm³/mol. The first-order chi connectivity index (χ1) is 12.0. The summed E-state index contributed by atoms with van der Waals surface area (Å²) >= 11 is 0. The molecule has 1 fully saturated rings. The molecule has 8 nitrogen and oxygen atoms in total. The fraction of sp³-hybridized carbons (Fsp3) is 0.471. The van der Waals surface area contributed by atoms with Gasteiger partial charge in [0.15, 0.2) is 0 Å². The van der Waals surface area contributed by atoms with Gasteiger partial charge in [0, 0.05) is 56.2 Å². The molecule has 2 rings (SSSR count). The molecule has 0 spiro atoms. The molecule has 2 amide bonds. The van der Waals surface area contributed by atoms with Crippen molar-refractivity contribution in [3.63, 3.8) is 0 Å². The molecule has 3 atom stereocenters. The van der Waals surface area contributed by atoms with Gasteiger partial charge in [-0.25, -0.2) is 0 Å². The number of carbonyl (C=O) groups excluding carboxylic acids is 2. The van der Waals surface area contributed by atoms with E-state index in [0.717, 1.165) is 5.56 Å². The Hall–Kier alpha value is -1.45. The predicted octanol–water partition coefficient (Wildman–Crippen LogP) is -1.09. The molecule has 1 saturated heterocycles. The molecule has 4 N–H and O–H groups in total. The van der Waals surface area contributed by atoms with E-state index in [9.17, 15) is 14.4 Å². The number of aliphatic carboxylic acids is 1. The minimum absolute atomic E-state index is 0. The van der Waals surface area contributed by atoms with Gasteiger partial charge >= 0.3 is 5.97 Å². The summed E-state index contributed by atoms with van der Waals surface area (Å²) in [6, 6.07) is 6.86. The van der Waals surface area contributed by atoms with E-state index in [1.165, 1.54) is 0 Å². The van der Waals surface area contributed by atoms with Gasteiger partial charge in [0.1, 0.15) is 18.1 Å². The van der Waals surface area contributed by atoms with Crippen LogP contribution in [0.2, 0.25) is 0 Å². The van der Waals surface area contributed by atoms with E-state index in [1.807, 2.05) is 30.3 Å². The van der Waals surface area contributed by atoms with Crippen LogP contribution in [0, 0.1) is 0 Å². The summed E-state index contributed by atoms with van der Waals surface area (Å²) in [6.45, 7) is 0.968. The van der Waals surface area contributed by atoms with E-state index in [-0.39, 0.29) is 35.5 Å². The Kier molecular flexibility index (Phi) is 9.82. The molecule has 1 aromatic carbocycles. The number of nitrogens with one attached hydrogen (secondary N) is 3. The van der Waals surface area contributed by atoms with Crippen LogP contribution < -0.4 is 16.0 Å². The molecule has 9 heteroatoms. The van der Waals surface area contributed by atoms with Gasteiger partial charge < -0.3 is 20.5 Å². The third kappa shape index (κ3) is 7.05. The number of ether oxygens (including phenoxy) is 1. The minimum atomic E-state index is -1.08. The second-order valence-electron chi connectivity index (χ2n) is 5.85. The van der Waals surface area contributed by atoms with Crippen molar-refractivity contribution in [2.45, 2.75) is 31.0 Å². The van der Waals surface area contributed by atoms with E-state index < -0.39 is 30.0 Å². The van der Waals surface area contributed by atoms with E-state index >= 15 is 0 Å². The average Bonchev–Trinajstić information content (AvgIpc) is 3.40. The third-order valence-electron chi connectivity index (χ3n) is 3.87. The molecule has 0 aliphatic carbocycles. The smallest absolute Gasteiger partial charge is 0.322 e. The van der Waals surface area contributed by atoms with E-state index in [4.69, 9.17) is 9.84 Å². The number of benzene rings is 1. The number of carboxylic acid groups (broad SMARTS) is 1. The zero-order valence-corrected chi connectivity index (χ0v) is 17.0. The summed E-state index contributed by atoms with van der Waals surface area (Å²) in [4.78, 5) is 35.4. The van der Waals surface area contributed by atoms with Crippen LogP contribution in [0.15, 0.2) is 30.3 Å². The summed E-state index contributed by atoms with van der Waals surface area (Å²) in [6.07, 6.45) is 0.993. The largest absolute Gasteiger partial charge is 0.480 e. The zero-order valence-electron chi connectivity index (χ0n) is 15.0. The molecule has 0 bridgehead atoms. The second-order valence-corrected chi connectivity index (χ2v) is 5.85. The molecule has 137 valence electrons. The minimum Gasteiger partial charge on any atom is -0.480 e. The normalized spacial score (nSPS) is 19.0. The van der Waals surface area contributed by atoms with Crippen LogP contribution in [0.4, 0.5) is 0 Å². The topological polar surface area (TPSA) is 127 Å². The molecule has 1 radical (unpaired) electrons. The fourth-order valence-corrected chi connectivity index (χ4v) is 2.45. The van der Waals surface area contributed by atoms with Crippen LogP contribution in [0.5, 0.6) is 0 Å². The molecule has 0 saturated carbocycles.